The molecule has 1 heterocycles. The Hall–Kier alpha value is -2.54. The molecule has 4 nitrogen and oxygen atoms in total. The van der Waals surface area contributed by atoms with E-state index in [2.05, 4.69) is 11.1 Å². The lowest BCUT2D eigenvalue weighted by Gasteiger charge is -2.14. The maximum absolute atomic E-state index is 9.37. The highest BCUT2D eigenvalue weighted by Gasteiger charge is 2.16. The van der Waals surface area contributed by atoms with Crippen LogP contribution in [0.5, 0.6) is 5.75 Å². The zero-order valence-corrected chi connectivity index (χ0v) is 11.9. The summed E-state index contributed by atoms with van der Waals surface area (Å²) in [5, 5.41) is 9.37. The summed E-state index contributed by atoms with van der Waals surface area (Å²) in [5.74, 6) is 1.03. The van der Waals surface area contributed by atoms with Crippen LogP contribution in [0.3, 0.4) is 0 Å². The van der Waals surface area contributed by atoms with E-state index in [-0.39, 0.29) is 5.82 Å². The monoisotopic (exact) mass is 267 g/mol. The van der Waals surface area contributed by atoms with Crippen LogP contribution in [0.1, 0.15) is 23.7 Å². The number of nitrogen functional groups attached to an aromatic ring is 1. The largest absolute Gasteiger partial charge is 0.497 e. The summed E-state index contributed by atoms with van der Waals surface area (Å²) in [7, 11) is 1.62. The predicted octanol–water partition coefficient (Wildman–Crippen LogP) is 3.08. The minimum absolute atomic E-state index is 0.285. The summed E-state index contributed by atoms with van der Waals surface area (Å²) in [4.78, 5) is 4.31. The normalized spacial score (nSPS) is 10.1. The fourth-order valence-electron chi connectivity index (χ4n) is 2.34. The summed E-state index contributed by atoms with van der Waals surface area (Å²) in [6, 6.07) is 9.79. The molecule has 0 fully saturated rings. The van der Waals surface area contributed by atoms with Crippen molar-refractivity contribution in [2.24, 2.45) is 0 Å². The Balaban J connectivity index is 2.77. The number of pyridine rings is 1. The van der Waals surface area contributed by atoms with Gasteiger partial charge in [-0.05, 0) is 36.6 Å². The zero-order valence-electron chi connectivity index (χ0n) is 11.9. The van der Waals surface area contributed by atoms with Crippen LogP contribution < -0.4 is 10.5 Å². The number of ether oxygens (including phenoxy) is 1. The summed E-state index contributed by atoms with van der Waals surface area (Å²) in [5.41, 5.74) is 10.0. The summed E-state index contributed by atoms with van der Waals surface area (Å²) in [6.07, 6.45) is 0.776. The second kappa shape index (κ2) is 5.62. The van der Waals surface area contributed by atoms with Crippen molar-refractivity contribution in [3.63, 3.8) is 0 Å². The number of aromatic nitrogens is 1. The van der Waals surface area contributed by atoms with Crippen molar-refractivity contribution in [1.29, 1.82) is 5.26 Å². The van der Waals surface area contributed by atoms with E-state index >= 15 is 0 Å². The number of anilines is 1. The number of hydrogen-bond acceptors (Lipinski definition) is 4. The third kappa shape index (κ3) is 2.30. The molecular formula is C16H17N3O. The molecule has 0 unspecified atom stereocenters. The van der Waals surface area contributed by atoms with E-state index < -0.39 is 0 Å². The van der Waals surface area contributed by atoms with Crippen LogP contribution in [0.4, 0.5) is 5.82 Å². The van der Waals surface area contributed by atoms with Gasteiger partial charge in [0.15, 0.2) is 0 Å². The molecule has 2 N–H and O–H groups in total. The van der Waals surface area contributed by atoms with Crippen molar-refractivity contribution in [1.82, 2.24) is 4.98 Å². The van der Waals surface area contributed by atoms with Crippen LogP contribution in [0.25, 0.3) is 11.1 Å². The Morgan fingerprint density at radius 2 is 2.15 bits per heavy atom. The zero-order chi connectivity index (χ0) is 14.7. The van der Waals surface area contributed by atoms with E-state index in [0.717, 1.165) is 34.6 Å². The average molecular weight is 267 g/mol. The lowest BCUT2D eigenvalue weighted by atomic mass is 9.94. The van der Waals surface area contributed by atoms with E-state index in [1.807, 2.05) is 38.1 Å². The van der Waals surface area contributed by atoms with Crippen molar-refractivity contribution in [3.8, 4) is 22.9 Å². The third-order valence-electron chi connectivity index (χ3n) is 3.37. The Morgan fingerprint density at radius 1 is 1.40 bits per heavy atom. The van der Waals surface area contributed by atoms with Gasteiger partial charge in [-0.2, -0.15) is 5.26 Å². The van der Waals surface area contributed by atoms with E-state index in [9.17, 15) is 5.26 Å². The highest BCUT2D eigenvalue weighted by Crippen LogP contribution is 2.33. The second-order valence-electron chi connectivity index (χ2n) is 4.52. The fourth-order valence-corrected chi connectivity index (χ4v) is 2.34. The highest BCUT2D eigenvalue weighted by molar-refractivity contribution is 5.79. The van der Waals surface area contributed by atoms with Crippen LogP contribution in [0.15, 0.2) is 24.3 Å². The van der Waals surface area contributed by atoms with Gasteiger partial charge in [0.05, 0.1) is 7.11 Å². The van der Waals surface area contributed by atoms with Crippen LogP contribution in [0, 0.1) is 18.3 Å². The molecule has 20 heavy (non-hydrogen) atoms. The fraction of sp³-hybridized carbons (Fsp3) is 0.250. The van der Waals surface area contributed by atoms with Crippen molar-refractivity contribution in [2.45, 2.75) is 20.3 Å². The first kappa shape index (κ1) is 13.9. The van der Waals surface area contributed by atoms with Crippen molar-refractivity contribution in [3.05, 3.63) is 41.1 Å². The molecule has 2 rings (SSSR count). The molecule has 0 aliphatic heterocycles. The number of nitriles is 1. The lowest BCUT2D eigenvalue weighted by molar-refractivity contribution is 0.415. The molecule has 0 radical (unpaired) electrons. The number of hydrogen-bond donors (Lipinski definition) is 1. The van der Waals surface area contributed by atoms with Gasteiger partial charge in [-0.15, -0.1) is 0 Å². The standard InChI is InChI=1S/C16H17N3O/c1-4-14-10(2)15(13(9-17)16(18)19-14)11-6-5-7-12(8-11)20-3/h5-8H,4H2,1-3H3,(H2,18,19). The van der Waals surface area contributed by atoms with Gasteiger partial charge in [0.2, 0.25) is 0 Å². The van der Waals surface area contributed by atoms with E-state index in [1.54, 1.807) is 7.11 Å². The molecule has 0 saturated carbocycles. The van der Waals surface area contributed by atoms with Crippen LogP contribution in [0.2, 0.25) is 0 Å². The number of nitrogens with two attached hydrogens (primary N) is 1. The van der Waals surface area contributed by atoms with E-state index in [4.69, 9.17) is 10.5 Å². The van der Waals surface area contributed by atoms with Gasteiger partial charge in [-0.1, -0.05) is 19.1 Å². The molecule has 1 aromatic carbocycles. The summed E-state index contributed by atoms with van der Waals surface area (Å²) >= 11 is 0. The summed E-state index contributed by atoms with van der Waals surface area (Å²) < 4.78 is 5.25. The first-order valence-electron chi connectivity index (χ1n) is 6.45. The number of rotatable bonds is 3. The molecule has 2 aromatic rings. The molecular weight excluding hydrogens is 250 g/mol. The van der Waals surface area contributed by atoms with Crippen molar-refractivity contribution < 1.29 is 4.74 Å². The minimum atomic E-state index is 0.285. The number of methoxy groups -OCH3 is 1. The van der Waals surface area contributed by atoms with Gasteiger partial charge in [0.1, 0.15) is 23.2 Å². The van der Waals surface area contributed by atoms with E-state index in [0.29, 0.717) is 5.56 Å². The van der Waals surface area contributed by atoms with Crippen molar-refractivity contribution >= 4 is 5.82 Å². The first-order valence-corrected chi connectivity index (χ1v) is 6.45. The Morgan fingerprint density at radius 3 is 2.75 bits per heavy atom. The van der Waals surface area contributed by atoms with E-state index in [1.165, 1.54) is 0 Å². The smallest absolute Gasteiger partial charge is 0.142 e. The Kier molecular flexibility index (Phi) is 3.90. The molecule has 0 saturated heterocycles. The lowest BCUT2D eigenvalue weighted by Crippen LogP contribution is -2.05. The van der Waals surface area contributed by atoms with Gasteiger partial charge in [-0.3, -0.25) is 0 Å². The molecule has 0 aliphatic rings. The maximum Gasteiger partial charge on any atom is 0.142 e. The molecule has 0 atom stereocenters. The van der Waals surface area contributed by atoms with Crippen LogP contribution in [-0.4, -0.2) is 12.1 Å². The number of nitrogens with zero attached hydrogens (tertiary/aromatic N) is 2. The van der Waals surface area contributed by atoms with Gasteiger partial charge in [0, 0.05) is 11.3 Å². The summed E-state index contributed by atoms with van der Waals surface area (Å²) in [6.45, 7) is 4.00. The molecule has 102 valence electrons. The molecule has 0 spiro atoms. The van der Waals surface area contributed by atoms with Gasteiger partial charge < -0.3 is 10.5 Å². The predicted molar refractivity (Wildman–Crippen MR) is 79.5 cm³/mol. The Labute approximate surface area is 118 Å². The SMILES string of the molecule is CCc1nc(N)c(C#N)c(-c2cccc(OC)c2)c1C. The quantitative estimate of drug-likeness (QED) is 0.927. The molecule has 1 aromatic heterocycles. The molecule has 0 aliphatic carbocycles. The number of benzene rings is 1. The van der Waals surface area contributed by atoms with Gasteiger partial charge in [-0.25, -0.2) is 4.98 Å². The number of aryl methyl sites for hydroxylation is 1. The average Bonchev–Trinajstić information content (AvgIpc) is 2.48. The second-order valence-corrected chi connectivity index (χ2v) is 4.52. The maximum atomic E-state index is 9.37. The van der Waals surface area contributed by atoms with Gasteiger partial charge >= 0.3 is 0 Å². The highest BCUT2D eigenvalue weighted by atomic mass is 16.5. The molecule has 0 bridgehead atoms. The topological polar surface area (TPSA) is 71.9 Å². The molecule has 0 amide bonds. The van der Waals surface area contributed by atoms with Crippen LogP contribution in [-0.2, 0) is 6.42 Å². The van der Waals surface area contributed by atoms with Gasteiger partial charge in [0.25, 0.3) is 0 Å². The third-order valence-corrected chi connectivity index (χ3v) is 3.37. The van der Waals surface area contributed by atoms with Crippen molar-refractivity contribution in [2.75, 3.05) is 12.8 Å². The first-order chi connectivity index (χ1) is 9.62. The minimum Gasteiger partial charge on any atom is -0.497 e. The van der Waals surface area contributed by atoms with Crippen LogP contribution >= 0.6 is 0 Å². The molecule has 4 heteroatoms. The Bertz CT molecular complexity index is 686.